The van der Waals surface area contributed by atoms with Crippen LogP contribution in [0.1, 0.15) is 39.4 Å². The van der Waals surface area contributed by atoms with Crippen LogP contribution in [0.5, 0.6) is 0 Å². The Morgan fingerprint density at radius 1 is 1.00 bits per heavy atom. The van der Waals surface area contributed by atoms with Crippen molar-refractivity contribution in [3.05, 3.63) is 11.7 Å². The van der Waals surface area contributed by atoms with Crippen LogP contribution in [0, 0.1) is 11.8 Å². The molecule has 2 rings (SSSR count). The maximum absolute atomic E-state index is 5.34. The molecule has 114 valence electrons. The molecule has 0 bridgehead atoms. The van der Waals surface area contributed by atoms with Crippen LogP contribution in [-0.2, 0) is 13.0 Å². The van der Waals surface area contributed by atoms with Gasteiger partial charge < -0.3 is 9.42 Å². The van der Waals surface area contributed by atoms with Gasteiger partial charge in [-0.1, -0.05) is 32.9 Å². The van der Waals surface area contributed by atoms with Crippen molar-refractivity contribution in [2.75, 3.05) is 32.7 Å². The molecule has 1 fully saturated rings. The Morgan fingerprint density at radius 3 is 2.25 bits per heavy atom. The molecule has 2 heterocycles. The van der Waals surface area contributed by atoms with E-state index in [-0.39, 0.29) is 0 Å². The summed E-state index contributed by atoms with van der Waals surface area (Å²) >= 11 is 0. The fourth-order valence-corrected chi connectivity index (χ4v) is 2.64. The van der Waals surface area contributed by atoms with Crippen molar-refractivity contribution in [3.63, 3.8) is 0 Å². The molecule has 5 heteroatoms. The molecule has 5 nitrogen and oxygen atoms in total. The zero-order valence-electron chi connectivity index (χ0n) is 13.3. The highest BCUT2D eigenvalue weighted by molar-refractivity contribution is 4.88. The minimum Gasteiger partial charge on any atom is -0.338 e. The van der Waals surface area contributed by atoms with E-state index in [1.54, 1.807) is 0 Å². The summed E-state index contributed by atoms with van der Waals surface area (Å²) in [5, 5.41) is 4.05. The fraction of sp³-hybridized carbons (Fsp3) is 0.867. The van der Waals surface area contributed by atoms with Gasteiger partial charge in [-0.2, -0.15) is 4.98 Å². The van der Waals surface area contributed by atoms with Crippen LogP contribution < -0.4 is 0 Å². The Labute approximate surface area is 122 Å². The zero-order chi connectivity index (χ0) is 14.5. The Hall–Kier alpha value is -0.940. The summed E-state index contributed by atoms with van der Waals surface area (Å²) < 4.78 is 5.34. The first-order valence-electron chi connectivity index (χ1n) is 7.79. The normalized spacial score (nSPS) is 18.3. The van der Waals surface area contributed by atoms with Crippen LogP contribution in [0.15, 0.2) is 4.52 Å². The van der Waals surface area contributed by atoms with E-state index in [1.807, 2.05) is 0 Å². The molecule has 1 saturated heterocycles. The van der Waals surface area contributed by atoms with Crippen molar-refractivity contribution in [2.24, 2.45) is 11.8 Å². The summed E-state index contributed by atoms with van der Waals surface area (Å²) in [6.45, 7) is 15.4. The molecular formula is C15H28N4O. The first-order valence-corrected chi connectivity index (χ1v) is 7.79. The largest absolute Gasteiger partial charge is 0.338 e. The predicted molar refractivity (Wildman–Crippen MR) is 79.4 cm³/mol. The summed E-state index contributed by atoms with van der Waals surface area (Å²) in [6.07, 6.45) is 0.895. The quantitative estimate of drug-likeness (QED) is 0.798. The molecule has 20 heavy (non-hydrogen) atoms. The second kappa shape index (κ2) is 7.18. The Balaban J connectivity index is 1.76. The van der Waals surface area contributed by atoms with Crippen LogP contribution in [0.4, 0.5) is 0 Å². The second-order valence-corrected chi connectivity index (χ2v) is 6.67. The maximum Gasteiger partial charge on any atom is 0.240 e. The van der Waals surface area contributed by atoms with Crippen LogP contribution in [-0.4, -0.2) is 52.7 Å². The molecule has 0 amide bonds. The first kappa shape index (κ1) is 15.4. The molecule has 0 radical (unpaired) electrons. The summed E-state index contributed by atoms with van der Waals surface area (Å²) in [5.74, 6) is 2.92. The monoisotopic (exact) mass is 280 g/mol. The third-order valence-corrected chi connectivity index (χ3v) is 3.55. The van der Waals surface area contributed by atoms with E-state index in [0.717, 1.165) is 56.8 Å². The van der Waals surface area contributed by atoms with Gasteiger partial charge in [0.2, 0.25) is 5.89 Å². The summed E-state index contributed by atoms with van der Waals surface area (Å²) in [5.41, 5.74) is 0. The number of hydrogen-bond acceptors (Lipinski definition) is 5. The van der Waals surface area contributed by atoms with E-state index in [0.29, 0.717) is 5.92 Å². The van der Waals surface area contributed by atoms with Crippen molar-refractivity contribution in [1.82, 2.24) is 19.9 Å². The standard InChI is InChI=1S/C15H28N4O/c1-12(2)9-14-16-15(20-17-14)11-19-7-5-18(6-8-19)10-13(3)4/h12-13H,5-11H2,1-4H3. The Morgan fingerprint density at radius 2 is 1.65 bits per heavy atom. The topological polar surface area (TPSA) is 45.4 Å². The highest BCUT2D eigenvalue weighted by Gasteiger charge is 2.19. The second-order valence-electron chi connectivity index (χ2n) is 6.67. The molecule has 0 aliphatic carbocycles. The molecule has 1 aromatic rings. The number of rotatable bonds is 6. The van der Waals surface area contributed by atoms with E-state index >= 15 is 0 Å². The highest BCUT2D eigenvalue weighted by Crippen LogP contribution is 2.10. The fourth-order valence-electron chi connectivity index (χ4n) is 2.64. The van der Waals surface area contributed by atoms with E-state index in [1.165, 1.54) is 6.54 Å². The smallest absolute Gasteiger partial charge is 0.240 e. The van der Waals surface area contributed by atoms with Gasteiger partial charge in [0.1, 0.15) is 0 Å². The van der Waals surface area contributed by atoms with Crippen molar-refractivity contribution < 1.29 is 4.52 Å². The number of hydrogen-bond donors (Lipinski definition) is 0. The lowest BCUT2D eigenvalue weighted by molar-refractivity contribution is 0.108. The van der Waals surface area contributed by atoms with E-state index in [4.69, 9.17) is 4.52 Å². The van der Waals surface area contributed by atoms with Gasteiger partial charge in [0.15, 0.2) is 5.82 Å². The van der Waals surface area contributed by atoms with Gasteiger partial charge in [0, 0.05) is 39.1 Å². The summed E-state index contributed by atoms with van der Waals surface area (Å²) in [7, 11) is 0. The predicted octanol–water partition coefficient (Wildman–Crippen LogP) is 2.04. The van der Waals surface area contributed by atoms with E-state index < -0.39 is 0 Å². The highest BCUT2D eigenvalue weighted by atomic mass is 16.5. The van der Waals surface area contributed by atoms with Gasteiger partial charge >= 0.3 is 0 Å². The van der Waals surface area contributed by atoms with Gasteiger partial charge in [-0.05, 0) is 11.8 Å². The molecule has 0 aromatic carbocycles. The van der Waals surface area contributed by atoms with Gasteiger partial charge in [0.05, 0.1) is 6.54 Å². The average Bonchev–Trinajstić information content (AvgIpc) is 2.77. The summed E-state index contributed by atoms with van der Waals surface area (Å²) in [4.78, 5) is 9.43. The van der Waals surface area contributed by atoms with Crippen LogP contribution in [0.3, 0.4) is 0 Å². The molecule has 1 aliphatic heterocycles. The third-order valence-electron chi connectivity index (χ3n) is 3.55. The lowest BCUT2D eigenvalue weighted by Gasteiger charge is -2.34. The van der Waals surface area contributed by atoms with Crippen molar-refractivity contribution in [3.8, 4) is 0 Å². The van der Waals surface area contributed by atoms with Gasteiger partial charge in [-0.3, -0.25) is 4.90 Å². The molecule has 0 atom stereocenters. The number of nitrogens with zero attached hydrogens (tertiary/aromatic N) is 4. The number of piperazine rings is 1. The lowest BCUT2D eigenvalue weighted by atomic mass is 10.1. The number of aromatic nitrogens is 2. The molecular weight excluding hydrogens is 252 g/mol. The molecule has 0 N–H and O–H groups in total. The van der Waals surface area contributed by atoms with Gasteiger partial charge in [-0.25, -0.2) is 0 Å². The van der Waals surface area contributed by atoms with E-state index in [9.17, 15) is 0 Å². The van der Waals surface area contributed by atoms with E-state index in [2.05, 4.69) is 47.6 Å². The van der Waals surface area contributed by atoms with Crippen LogP contribution in [0.2, 0.25) is 0 Å². The Bertz CT molecular complexity index is 394. The minimum absolute atomic E-state index is 0.569. The van der Waals surface area contributed by atoms with Gasteiger partial charge in [-0.15, -0.1) is 0 Å². The van der Waals surface area contributed by atoms with Crippen molar-refractivity contribution in [2.45, 2.75) is 40.7 Å². The van der Waals surface area contributed by atoms with Crippen LogP contribution >= 0.6 is 0 Å². The average molecular weight is 280 g/mol. The van der Waals surface area contributed by atoms with Gasteiger partial charge in [0.25, 0.3) is 0 Å². The molecule has 0 unspecified atom stereocenters. The lowest BCUT2D eigenvalue weighted by Crippen LogP contribution is -2.46. The third kappa shape index (κ3) is 4.87. The molecule has 1 aliphatic rings. The summed E-state index contributed by atoms with van der Waals surface area (Å²) in [6, 6.07) is 0. The SMILES string of the molecule is CC(C)Cc1noc(CN2CCN(CC(C)C)CC2)n1. The molecule has 0 saturated carbocycles. The molecule has 0 spiro atoms. The first-order chi connectivity index (χ1) is 9.52. The minimum atomic E-state index is 0.569. The zero-order valence-corrected chi connectivity index (χ0v) is 13.3. The molecule has 1 aromatic heterocycles. The van der Waals surface area contributed by atoms with Crippen molar-refractivity contribution >= 4 is 0 Å². The van der Waals surface area contributed by atoms with Crippen LogP contribution in [0.25, 0.3) is 0 Å². The Kier molecular flexibility index (Phi) is 5.54. The van der Waals surface area contributed by atoms with Crippen molar-refractivity contribution in [1.29, 1.82) is 0 Å². The maximum atomic E-state index is 5.34.